The highest BCUT2D eigenvalue weighted by Gasteiger charge is 2.26. The molecule has 12 nitrogen and oxygen atoms in total. The molecule has 3 amide bonds. The number of methoxy groups -OCH3 is 1. The second kappa shape index (κ2) is 19.9. The summed E-state index contributed by atoms with van der Waals surface area (Å²) in [6, 6.07) is 22.4. The lowest BCUT2D eigenvalue weighted by atomic mass is 10.0. The van der Waals surface area contributed by atoms with Gasteiger partial charge in [0.25, 0.3) is 5.91 Å². The predicted octanol–water partition coefficient (Wildman–Crippen LogP) is 5.92. The van der Waals surface area contributed by atoms with Crippen LogP contribution in [0.5, 0.6) is 0 Å². The lowest BCUT2D eigenvalue weighted by Gasteiger charge is -2.28. The fraction of sp³-hybridized carbons (Fsp3) is 0.368. The van der Waals surface area contributed by atoms with Crippen molar-refractivity contribution in [1.82, 2.24) is 20.6 Å². The molecule has 0 bridgehead atoms. The zero-order valence-corrected chi connectivity index (χ0v) is 31.3. The number of benzene rings is 3. The first-order valence-electron chi connectivity index (χ1n) is 17.2. The molecule has 1 aromatic heterocycles. The van der Waals surface area contributed by atoms with E-state index < -0.39 is 18.2 Å². The number of imidazole rings is 1. The van der Waals surface area contributed by atoms with Gasteiger partial charge in [-0.05, 0) is 72.4 Å². The number of hydrogen-bond donors (Lipinski definition) is 4. The van der Waals surface area contributed by atoms with Crippen molar-refractivity contribution < 1.29 is 28.6 Å². The lowest BCUT2D eigenvalue weighted by Crippen LogP contribution is -2.48. The highest BCUT2D eigenvalue weighted by Crippen LogP contribution is 2.27. The topological polar surface area (TPSA) is 147 Å². The van der Waals surface area contributed by atoms with E-state index >= 15 is 0 Å². The van der Waals surface area contributed by atoms with Crippen LogP contribution in [0.1, 0.15) is 54.3 Å². The number of H-pyrrole nitrogens is 1. The van der Waals surface area contributed by atoms with Gasteiger partial charge in [0.15, 0.2) is 0 Å². The Hall–Kier alpha value is -4.50. The van der Waals surface area contributed by atoms with Crippen LogP contribution in [0.4, 0.5) is 16.2 Å². The van der Waals surface area contributed by atoms with Crippen LogP contribution >= 0.6 is 27.0 Å². The number of morpholine rings is 1. The zero-order chi connectivity index (χ0) is 34.7. The Labute approximate surface area is 318 Å². The molecule has 0 unspecified atom stereocenters. The smallest absolute Gasteiger partial charge is 0.407 e. The number of ether oxygens (including phenoxy) is 3. The number of nitrogens with zero attached hydrogens (tertiary/aromatic N) is 2. The van der Waals surface area contributed by atoms with E-state index in [1.807, 2.05) is 72.8 Å². The zero-order valence-electron chi connectivity index (χ0n) is 29.3. The average Bonchev–Trinajstić information content (AvgIpc) is 3.65. The number of aromatic amines is 1. The Morgan fingerprint density at radius 3 is 2.15 bits per heavy atom. The molecule has 14 heteroatoms. The molecule has 0 radical (unpaired) electrons. The van der Waals surface area contributed by atoms with Gasteiger partial charge in [-0.25, -0.2) is 9.78 Å². The Bertz CT molecular complexity index is 1730. The SMILES string of the molecule is COC(=O)N[C@H]1CCCCCOCC[C@@H](c2ncc(-c3ccc(-c4ccc(C(=O)Nc5ccc(N6CCOCC6)cc5)cc4)cc3)[nH]2)NC1=O.S.S. The first-order valence-corrected chi connectivity index (χ1v) is 17.2. The summed E-state index contributed by atoms with van der Waals surface area (Å²) in [7, 11) is 1.28. The summed E-state index contributed by atoms with van der Waals surface area (Å²) < 4.78 is 16.0. The van der Waals surface area contributed by atoms with Crippen LogP contribution in [-0.4, -0.2) is 80.5 Å². The van der Waals surface area contributed by atoms with E-state index in [1.54, 1.807) is 6.20 Å². The Morgan fingerprint density at radius 2 is 1.46 bits per heavy atom. The molecule has 2 aliphatic heterocycles. The maximum Gasteiger partial charge on any atom is 0.407 e. The van der Waals surface area contributed by atoms with Crippen LogP contribution in [0.3, 0.4) is 0 Å². The number of carbonyl (C=O) groups excluding carboxylic acids is 3. The minimum atomic E-state index is -0.700. The number of nitrogens with one attached hydrogen (secondary N) is 4. The first-order chi connectivity index (χ1) is 24.5. The molecule has 2 fully saturated rings. The summed E-state index contributed by atoms with van der Waals surface area (Å²) in [5, 5.41) is 8.70. The molecule has 0 spiro atoms. The van der Waals surface area contributed by atoms with Crippen LogP contribution in [0, 0.1) is 0 Å². The maximum absolute atomic E-state index is 13.2. The molecular formula is C38H48N6O6S2. The van der Waals surface area contributed by atoms with Crippen molar-refractivity contribution in [3.8, 4) is 22.4 Å². The molecule has 3 aromatic carbocycles. The van der Waals surface area contributed by atoms with E-state index in [-0.39, 0.29) is 38.8 Å². The summed E-state index contributed by atoms with van der Waals surface area (Å²) in [6.45, 7) is 4.29. The number of anilines is 2. The minimum Gasteiger partial charge on any atom is -0.453 e. The van der Waals surface area contributed by atoms with E-state index in [9.17, 15) is 14.4 Å². The van der Waals surface area contributed by atoms with Gasteiger partial charge in [0, 0.05) is 43.2 Å². The van der Waals surface area contributed by atoms with Gasteiger partial charge in [0.2, 0.25) is 5.91 Å². The van der Waals surface area contributed by atoms with Crippen molar-refractivity contribution in [3.63, 3.8) is 0 Å². The molecule has 2 saturated heterocycles. The van der Waals surface area contributed by atoms with Crippen molar-refractivity contribution in [2.45, 2.75) is 44.2 Å². The Kier molecular flexibility index (Phi) is 15.4. The number of carbonyl (C=O) groups is 3. The second-order valence-corrected chi connectivity index (χ2v) is 12.4. The van der Waals surface area contributed by atoms with Gasteiger partial charge in [0.05, 0.1) is 38.3 Å². The molecule has 278 valence electrons. The number of hydrogen-bond acceptors (Lipinski definition) is 8. The van der Waals surface area contributed by atoms with Crippen molar-refractivity contribution in [2.24, 2.45) is 0 Å². The highest BCUT2D eigenvalue weighted by molar-refractivity contribution is 7.59. The summed E-state index contributed by atoms with van der Waals surface area (Å²) in [5.41, 5.74) is 6.17. The summed E-state index contributed by atoms with van der Waals surface area (Å²) in [4.78, 5) is 48.3. The Balaban J connectivity index is 0.00000302. The van der Waals surface area contributed by atoms with Crippen LogP contribution in [0.25, 0.3) is 22.4 Å². The first kappa shape index (κ1) is 40.3. The van der Waals surface area contributed by atoms with Gasteiger partial charge in [-0.15, -0.1) is 0 Å². The third-order valence-electron chi connectivity index (χ3n) is 9.05. The third kappa shape index (κ3) is 10.8. The van der Waals surface area contributed by atoms with Crippen molar-refractivity contribution in [1.29, 1.82) is 0 Å². The molecule has 2 aliphatic rings. The lowest BCUT2D eigenvalue weighted by molar-refractivity contribution is -0.124. The number of alkyl carbamates (subject to hydrolysis) is 1. The summed E-state index contributed by atoms with van der Waals surface area (Å²) >= 11 is 0. The second-order valence-electron chi connectivity index (χ2n) is 12.4. The third-order valence-corrected chi connectivity index (χ3v) is 9.05. The molecule has 3 heterocycles. The van der Waals surface area contributed by atoms with Crippen molar-refractivity contribution in [3.05, 3.63) is 90.4 Å². The van der Waals surface area contributed by atoms with E-state index in [0.717, 1.165) is 79.3 Å². The molecule has 52 heavy (non-hydrogen) atoms. The van der Waals surface area contributed by atoms with E-state index in [1.165, 1.54) is 7.11 Å². The van der Waals surface area contributed by atoms with Crippen molar-refractivity contribution >= 4 is 56.3 Å². The van der Waals surface area contributed by atoms with Gasteiger partial charge in [0.1, 0.15) is 11.9 Å². The monoisotopic (exact) mass is 748 g/mol. The van der Waals surface area contributed by atoms with Crippen LogP contribution in [-0.2, 0) is 19.0 Å². The molecule has 0 aliphatic carbocycles. The van der Waals surface area contributed by atoms with Crippen LogP contribution < -0.4 is 20.9 Å². The molecular weight excluding hydrogens is 701 g/mol. The number of rotatable bonds is 7. The van der Waals surface area contributed by atoms with Gasteiger partial charge >= 0.3 is 6.09 Å². The predicted molar refractivity (Wildman–Crippen MR) is 212 cm³/mol. The van der Waals surface area contributed by atoms with Crippen molar-refractivity contribution in [2.75, 3.05) is 56.8 Å². The number of amides is 3. The largest absolute Gasteiger partial charge is 0.453 e. The van der Waals surface area contributed by atoms with Crippen LogP contribution in [0.15, 0.2) is 79.0 Å². The van der Waals surface area contributed by atoms with Gasteiger partial charge in [-0.3, -0.25) is 9.59 Å². The van der Waals surface area contributed by atoms with E-state index in [0.29, 0.717) is 37.4 Å². The minimum absolute atomic E-state index is 0. The summed E-state index contributed by atoms with van der Waals surface area (Å²) in [5.74, 6) is 0.155. The summed E-state index contributed by atoms with van der Waals surface area (Å²) in [6.07, 6.45) is 4.72. The van der Waals surface area contributed by atoms with Gasteiger partial charge in [-0.1, -0.05) is 49.2 Å². The molecule has 2 atom stereocenters. The van der Waals surface area contributed by atoms with Gasteiger partial charge < -0.3 is 40.0 Å². The normalized spacial score (nSPS) is 18.2. The molecule has 6 rings (SSSR count). The van der Waals surface area contributed by atoms with Crippen LogP contribution in [0.2, 0.25) is 0 Å². The fourth-order valence-electron chi connectivity index (χ4n) is 6.15. The van der Waals surface area contributed by atoms with E-state index in [2.05, 4.69) is 30.8 Å². The standard InChI is InChI=1S/C38H44N6O6.2H2S/c1-48-38(47)43-33-5-3-2-4-21-49-22-18-32(42-37(33)46)35-39-25-34(41-35)28-10-6-26(7-11-28)27-8-12-29(13-9-27)36(45)40-30-14-16-31(17-15-30)44-19-23-50-24-20-44;;/h6-17,25,32-33H,2-5,18-24H2,1H3,(H,39,41)(H,40,45)(H,42,46)(H,43,47);2*1H2/t32-,33-;;/m0../s1. The highest BCUT2D eigenvalue weighted by atomic mass is 32.1. The quantitative estimate of drug-likeness (QED) is 0.182. The van der Waals surface area contributed by atoms with Gasteiger partial charge in [-0.2, -0.15) is 27.0 Å². The maximum atomic E-state index is 13.2. The number of aromatic nitrogens is 2. The van der Waals surface area contributed by atoms with E-state index in [4.69, 9.17) is 14.2 Å². The molecule has 4 N–H and O–H groups in total. The molecule has 4 aromatic rings. The molecule has 0 saturated carbocycles. The Morgan fingerprint density at radius 1 is 0.808 bits per heavy atom. The average molecular weight is 749 g/mol. The fourth-order valence-corrected chi connectivity index (χ4v) is 6.15.